The van der Waals surface area contributed by atoms with Gasteiger partial charge in [0, 0.05) is 39.3 Å². The Morgan fingerprint density at radius 1 is 1.19 bits per heavy atom. The second kappa shape index (κ2) is 7.55. The highest BCUT2D eigenvalue weighted by Gasteiger charge is 2.31. The maximum atomic E-state index is 13.9. The van der Waals surface area contributed by atoms with Crippen molar-refractivity contribution in [3.05, 3.63) is 42.5 Å². The quantitative estimate of drug-likeness (QED) is 0.856. The fraction of sp³-hybridized carbons (Fsp3) is 0.412. The topological polar surface area (TPSA) is 78.4 Å². The average Bonchev–Trinajstić information content (AvgIpc) is 2.62. The van der Waals surface area contributed by atoms with Crippen LogP contribution in [-0.4, -0.2) is 55.9 Å². The number of hydrogen-bond acceptors (Lipinski definition) is 6. The maximum Gasteiger partial charge on any atom is 0.245 e. The van der Waals surface area contributed by atoms with E-state index in [9.17, 15) is 12.8 Å². The highest BCUT2D eigenvalue weighted by atomic mass is 32.2. The van der Waals surface area contributed by atoms with Gasteiger partial charge in [-0.3, -0.25) is 0 Å². The van der Waals surface area contributed by atoms with Gasteiger partial charge in [0.25, 0.3) is 0 Å². The number of anilines is 2. The fourth-order valence-electron chi connectivity index (χ4n) is 2.91. The Morgan fingerprint density at radius 2 is 1.88 bits per heavy atom. The second-order valence-electron chi connectivity index (χ2n) is 6.41. The number of aromatic nitrogens is 2. The van der Waals surface area contributed by atoms with Crippen molar-refractivity contribution < 1.29 is 12.8 Å². The summed E-state index contributed by atoms with van der Waals surface area (Å²) in [4.78, 5) is 10.0. The van der Waals surface area contributed by atoms with Crippen molar-refractivity contribution in [1.29, 1.82) is 0 Å². The van der Waals surface area contributed by atoms with Crippen LogP contribution in [-0.2, 0) is 10.0 Å². The molecule has 1 aliphatic heterocycles. The minimum Gasteiger partial charge on any atom is -0.367 e. The summed E-state index contributed by atoms with van der Waals surface area (Å²) >= 11 is 0. The second-order valence-corrected chi connectivity index (χ2v) is 8.32. The van der Waals surface area contributed by atoms with E-state index >= 15 is 0 Å². The summed E-state index contributed by atoms with van der Waals surface area (Å²) in [6.07, 6.45) is 2.74. The molecule has 140 valence electrons. The van der Waals surface area contributed by atoms with Gasteiger partial charge >= 0.3 is 0 Å². The van der Waals surface area contributed by atoms with Gasteiger partial charge in [0.2, 0.25) is 10.0 Å². The van der Waals surface area contributed by atoms with Crippen LogP contribution < -0.4 is 10.2 Å². The first-order valence-corrected chi connectivity index (χ1v) is 9.82. The third-order valence-corrected chi connectivity index (χ3v) is 6.30. The Bertz CT molecular complexity index is 867. The van der Waals surface area contributed by atoms with Crippen molar-refractivity contribution >= 4 is 21.7 Å². The number of halogens is 1. The normalized spacial score (nSPS) is 16.4. The number of hydrogen-bond donors (Lipinski definition) is 1. The summed E-state index contributed by atoms with van der Waals surface area (Å²) in [6.45, 7) is 0.667. The Labute approximate surface area is 152 Å². The predicted octanol–water partition coefficient (Wildman–Crippen LogP) is 1.95. The van der Waals surface area contributed by atoms with E-state index < -0.39 is 15.8 Å². The van der Waals surface area contributed by atoms with Crippen molar-refractivity contribution in [2.24, 2.45) is 0 Å². The van der Waals surface area contributed by atoms with E-state index in [0.717, 1.165) is 5.82 Å². The van der Waals surface area contributed by atoms with Gasteiger partial charge in [-0.15, -0.1) is 0 Å². The molecular weight excluding hydrogens is 357 g/mol. The van der Waals surface area contributed by atoms with Crippen LogP contribution in [0.25, 0.3) is 0 Å². The van der Waals surface area contributed by atoms with Crippen LogP contribution in [0.2, 0.25) is 0 Å². The molecule has 26 heavy (non-hydrogen) atoms. The molecule has 0 saturated carbocycles. The summed E-state index contributed by atoms with van der Waals surface area (Å²) in [5.74, 6) is 0.783. The predicted molar refractivity (Wildman–Crippen MR) is 98.2 cm³/mol. The molecule has 1 fully saturated rings. The summed E-state index contributed by atoms with van der Waals surface area (Å²) in [5, 5.41) is 3.33. The van der Waals surface area contributed by atoms with E-state index in [1.165, 1.54) is 34.9 Å². The van der Waals surface area contributed by atoms with Gasteiger partial charge in [-0.05, 0) is 25.0 Å². The zero-order chi connectivity index (χ0) is 18.7. The first kappa shape index (κ1) is 18.5. The monoisotopic (exact) mass is 379 g/mol. The summed E-state index contributed by atoms with van der Waals surface area (Å²) < 4.78 is 40.5. The minimum atomic E-state index is -3.81. The van der Waals surface area contributed by atoms with E-state index in [-0.39, 0.29) is 10.9 Å². The molecule has 2 heterocycles. The lowest BCUT2D eigenvalue weighted by Crippen LogP contribution is -2.42. The summed E-state index contributed by atoms with van der Waals surface area (Å²) in [7, 11) is -0.00675. The molecule has 1 N–H and O–H groups in total. The Balaban J connectivity index is 1.64. The van der Waals surface area contributed by atoms with E-state index in [4.69, 9.17) is 0 Å². The van der Waals surface area contributed by atoms with Gasteiger partial charge < -0.3 is 10.2 Å². The number of piperidine rings is 1. The van der Waals surface area contributed by atoms with Gasteiger partial charge in [0.15, 0.2) is 0 Å². The number of sulfonamides is 1. The summed E-state index contributed by atoms with van der Waals surface area (Å²) in [5.41, 5.74) is 0. The van der Waals surface area contributed by atoms with E-state index in [0.29, 0.717) is 31.7 Å². The fourth-order valence-corrected chi connectivity index (χ4v) is 4.45. The molecule has 0 aliphatic carbocycles. The highest BCUT2D eigenvalue weighted by molar-refractivity contribution is 7.89. The number of benzene rings is 1. The van der Waals surface area contributed by atoms with Crippen molar-refractivity contribution in [3.63, 3.8) is 0 Å². The molecule has 0 spiro atoms. The first-order valence-electron chi connectivity index (χ1n) is 8.38. The lowest BCUT2D eigenvalue weighted by Gasteiger charge is -2.32. The highest BCUT2D eigenvalue weighted by Crippen LogP contribution is 2.24. The number of nitrogens with zero attached hydrogens (tertiary/aromatic N) is 4. The zero-order valence-electron chi connectivity index (χ0n) is 14.8. The van der Waals surface area contributed by atoms with Gasteiger partial charge in [-0.25, -0.2) is 22.8 Å². The van der Waals surface area contributed by atoms with Crippen LogP contribution in [0.1, 0.15) is 12.8 Å². The molecule has 0 unspecified atom stereocenters. The molecule has 2 aromatic rings. The van der Waals surface area contributed by atoms with Crippen LogP contribution in [0.5, 0.6) is 0 Å². The Hall–Kier alpha value is -2.26. The van der Waals surface area contributed by atoms with Crippen LogP contribution in [0.3, 0.4) is 0 Å². The summed E-state index contributed by atoms with van der Waals surface area (Å²) in [6, 6.07) is 7.43. The smallest absolute Gasteiger partial charge is 0.245 e. The van der Waals surface area contributed by atoms with Crippen LogP contribution in [0, 0.1) is 5.82 Å². The molecule has 1 aromatic carbocycles. The molecule has 0 radical (unpaired) electrons. The largest absolute Gasteiger partial charge is 0.367 e. The molecule has 1 saturated heterocycles. The molecule has 0 bridgehead atoms. The standard InChI is InChI=1S/C17H22FN5O2S/c1-22(2)17-11-16(19-12-20-17)21-13-7-9-23(10-8-13)26(24,25)15-6-4-3-5-14(15)18/h3-6,11-13H,7-10H2,1-2H3,(H,19,20,21). The lowest BCUT2D eigenvalue weighted by atomic mass is 10.1. The van der Waals surface area contributed by atoms with Gasteiger partial charge in [-0.1, -0.05) is 12.1 Å². The molecular formula is C17H22FN5O2S. The number of rotatable bonds is 5. The Morgan fingerprint density at radius 3 is 2.54 bits per heavy atom. The maximum absolute atomic E-state index is 13.9. The molecule has 0 amide bonds. The van der Waals surface area contributed by atoms with Crippen LogP contribution >= 0.6 is 0 Å². The molecule has 1 aromatic heterocycles. The van der Waals surface area contributed by atoms with Crippen LogP contribution in [0.4, 0.5) is 16.0 Å². The van der Waals surface area contributed by atoms with Crippen LogP contribution in [0.15, 0.2) is 41.6 Å². The lowest BCUT2D eigenvalue weighted by molar-refractivity contribution is 0.328. The van der Waals surface area contributed by atoms with Gasteiger partial charge in [-0.2, -0.15) is 4.31 Å². The van der Waals surface area contributed by atoms with Gasteiger partial charge in [0.1, 0.15) is 28.7 Å². The van der Waals surface area contributed by atoms with E-state index in [1.807, 2.05) is 25.1 Å². The molecule has 1 aliphatic rings. The van der Waals surface area contributed by atoms with E-state index in [1.54, 1.807) is 0 Å². The minimum absolute atomic E-state index is 0.104. The molecule has 9 heteroatoms. The van der Waals surface area contributed by atoms with Gasteiger partial charge in [0.05, 0.1) is 0 Å². The molecule has 7 nitrogen and oxygen atoms in total. The van der Waals surface area contributed by atoms with Crippen molar-refractivity contribution in [2.45, 2.75) is 23.8 Å². The third-order valence-electron chi connectivity index (χ3n) is 4.37. The Kier molecular flexibility index (Phi) is 5.38. The third kappa shape index (κ3) is 3.94. The first-order chi connectivity index (χ1) is 12.4. The molecule has 0 atom stereocenters. The zero-order valence-corrected chi connectivity index (χ0v) is 15.6. The van der Waals surface area contributed by atoms with Crippen molar-refractivity contribution in [1.82, 2.24) is 14.3 Å². The average molecular weight is 379 g/mol. The SMILES string of the molecule is CN(C)c1cc(NC2CCN(S(=O)(=O)c3ccccc3F)CC2)ncn1. The van der Waals surface area contributed by atoms with Crippen molar-refractivity contribution in [3.8, 4) is 0 Å². The molecule has 3 rings (SSSR count). The van der Waals surface area contributed by atoms with Crippen molar-refractivity contribution in [2.75, 3.05) is 37.4 Å². The van der Waals surface area contributed by atoms with E-state index in [2.05, 4.69) is 15.3 Å². The number of nitrogens with one attached hydrogen (secondary N) is 1.